The number of Topliss-reactive ketones (excluding diaryl/α,β-unsaturated/α-hetero) is 1. The number of anilines is 1. The van der Waals surface area contributed by atoms with Crippen LogP contribution in [-0.4, -0.2) is 64.8 Å². The molecule has 1 saturated heterocycles. The summed E-state index contributed by atoms with van der Waals surface area (Å²) in [6.07, 6.45) is 0.214. The minimum Gasteiger partial charge on any atom is -0.484 e. The number of carbonyl (C=O) groups is 5. The highest BCUT2D eigenvalue weighted by Crippen LogP contribution is 2.45. The number of nitrogens with zero attached hydrogens (tertiary/aromatic N) is 1. The molecule has 248 valence electrons. The Labute approximate surface area is 274 Å². The van der Waals surface area contributed by atoms with E-state index in [0.29, 0.717) is 22.6 Å². The van der Waals surface area contributed by atoms with E-state index in [1.807, 2.05) is 20.8 Å². The number of carboxylic acid groups (broad SMARTS) is 1. The van der Waals surface area contributed by atoms with E-state index in [-0.39, 0.29) is 29.3 Å². The van der Waals surface area contributed by atoms with Crippen LogP contribution in [0.1, 0.15) is 49.2 Å². The van der Waals surface area contributed by atoms with Crippen LogP contribution in [0.3, 0.4) is 0 Å². The summed E-state index contributed by atoms with van der Waals surface area (Å²) in [6.45, 7) is 4.72. The number of aliphatic carboxylic acids is 1. The van der Waals surface area contributed by atoms with Crippen molar-refractivity contribution in [2.24, 2.45) is 5.41 Å². The van der Waals surface area contributed by atoms with Crippen LogP contribution in [0.25, 0.3) is 0 Å². The minimum absolute atomic E-state index is 0.0162. The van der Waals surface area contributed by atoms with E-state index in [0.717, 1.165) is 11.8 Å². The highest BCUT2D eigenvalue weighted by Gasteiger charge is 2.49. The largest absolute Gasteiger partial charge is 0.484 e. The minimum atomic E-state index is -1.16. The summed E-state index contributed by atoms with van der Waals surface area (Å²) < 4.78 is 32.4. The smallest absolute Gasteiger partial charge is 0.326 e. The Morgan fingerprint density at radius 3 is 2.09 bits per heavy atom. The second-order valence-corrected chi connectivity index (χ2v) is 13.3. The number of carbonyl (C=O) groups excluding carboxylic acids is 4. The lowest BCUT2D eigenvalue weighted by atomic mass is 9.88. The zero-order chi connectivity index (χ0) is 34.3. The van der Waals surface area contributed by atoms with Crippen molar-refractivity contribution in [3.8, 4) is 5.75 Å². The first-order valence-electron chi connectivity index (χ1n) is 14.7. The molecule has 1 fully saturated rings. The Bertz CT molecular complexity index is 1610. The monoisotopic (exact) mass is 667 g/mol. The van der Waals surface area contributed by atoms with E-state index in [1.165, 1.54) is 53.4 Å². The zero-order valence-electron chi connectivity index (χ0n) is 26.0. The molecule has 3 N–H and O–H groups in total. The molecule has 1 aliphatic heterocycles. The van der Waals surface area contributed by atoms with E-state index in [1.54, 1.807) is 24.3 Å². The number of β-lactam (4-membered cyclic amide) rings is 1. The molecule has 0 bridgehead atoms. The topological polar surface area (TPSA) is 142 Å². The molecule has 13 heteroatoms. The average Bonchev–Trinajstić information content (AvgIpc) is 3.02. The van der Waals surface area contributed by atoms with Crippen LogP contribution in [-0.2, 0) is 19.2 Å². The number of halogens is 2. The summed E-state index contributed by atoms with van der Waals surface area (Å²) in [5.41, 5.74) is 1.18. The number of ether oxygens (including phenoxy) is 1. The first kappa shape index (κ1) is 35.1. The van der Waals surface area contributed by atoms with Gasteiger partial charge in [-0.3, -0.25) is 19.2 Å². The van der Waals surface area contributed by atoms with Gasteiger partial charge in [-0.05, 0) is 78.1 Å². The average molecular weight is 668 g/mol. The molecule has 47 heavy (non-hydrogen) atoms. The zero-order valence-corrected chi connectivity index (χ0v) is 26.8. The van der Waals surface area contributed by atoms with Crippen molar-refractivity contribution in [2.45, 2.75) is 44.5 Å². The van der Waals surface area contributed by atoms with Crippen LogP contribution in [0.5, 0.6) is 5.75 Å². The predicted octanol–water partition coefficient (Wildman–Crippen LogP) is 4.54. The fraction of sp³-hybridized carbons (Fsp3) is 0.324. The van der Waals surface area contributed by atoms with Gasteiger partial charge in [0.2, 0.25) is 11.8 Å². The van der Waals surface area contributed by atoms with Crippen LogP contribution in [0, 0.1) is 17.0 Å². The summed E-state index contributed by atoms with van der Waals surface area (Å²) in [5, 5.41) is 13.5. The van der Waals surface area contributed by atoms with E-state index >= 15 is 0 Å². The van der Waals surface area contributed by atoms with Crippen LogP contribution < -0.4 is 20.3 Å². The highest BCUT2D eigenvalue weighted by atomic mass is 32.2. The van der Waals surface area contributed by atoms with Gasteiger partial charge >= 0.3 is 5.97 Å². The van der Waals surface area contributed by atoms with E-state index < -0.39 is 59.9 Å². The third-order valence-electron chi connectivity index (χ3n) is 7.20. The maximum absolute atomic E-state index is 13.6. The number of amides is 3. The summed E-state index contributed by atoms with van der Waals surface area (Å²) in [4.78, 5) is 63.5. The molecule has 3 aromatic rings. The molecule has 0 radical (unpaired) electrons. The first-order valence-corrected chi connectivity index (χ1v) is 15.8. The Hall–Kier alpha value is -4.78. The van der Waals surface area contributed by atoms with Gasteiger partial charge in [-0.25, -0.2) is 13.6 Å². The number of thioether (sulfide) groups is 1. The van der Waals surface area contributed by atoms with Gasteiger partial charge in [-0.2, -0.15) is 0 Å². The SMILES string of the molecule is CC(C)(C)C[C@H](NC(=O)CNC(=O)COc1ccc([C@@H]2[C@@H](SCC(=O)c3ccc(F)cc3)C(=O)N2c2ccc(F)cc2)cc1)C(=O)O. The van der Waals surface area contributed by atoms with Gasteiger partial charge in [0.1, 0.15) is 28.7 Å². The van der Waals surface area contributed by atoms with Gasteiger partial charge in [-0.1, -0.05) is 32.9 Å². The summed E-state index contributed by atoms with van der Waals surface area (Å²) in [5.74, 6) is -3.52. The molecule has 1 heterocycles. The molecule has 10 nitrogen and oxygen atoms in total. The standard InChI is InChI=1S/C34H35F2N3O7S/c1-34(2,3)16-26(33(44)45)38-28(41)17-37-29(42)18-46-25-14-6-21(7-15-25)30-31(32(43)39(30)24-12-10-23(36)11-13-24)47-19-27(40)20-4-8-22(35)9-5-20/h4-15,26,30-31H,16-19H2,1-3H3,(H,37,42)(H,38,41)(H,44,45)/t26-,30+,31+/m0/s1. The quantitative estimate of drug-likeness (QED) is 0.168. The third kappa shape index (κ3) is 9.61. The number of ketones is 1. The Morgan fingerprint density at radius 1 is 0.915 bits per heavy atom. The van der Waals surface area contributed by atoms with Gasteiger partial charge < -0.3 is 25.4 Å². The molecule has 4 rings (SSSR count). The van der Waals surface area contributed by atoms with Crippen LogP contribution in [0.4, 0.5) is 14.5 Å². The van der Waals surface area contributed by atoms with Crippen LogP contribution in [0.2, 0.25) is 0 Å². The second-order valence-electron chi connectivity index (χ2n) is 12.1. The van der Waals surface area contributed by atoms with Gasteiger partial charge in [-0.15, -0.1) is 11.8 Å². The molecular formula is C34H35F2N3O7S. The molecular weight excluding hydrogens is 632 g/mol. The van der Waals surface area contributed by atoms with Gasteiger partial charge in [0, 0.05) is 11.3 Å². The lowest BCUT2D eigenvalue weighted by molar-refractivity contribution is -0.142. The van der Waals surface area contributed by atoms with Crippen molar-refractivity contribution >= 4 is 46.9 Å². The Balaban J connectivity index is 1.36. The van der Waals surface area contributed by atoms with E-state index in [9.17, 15) is 37.9 Å². The first-order chi connectivity index (χ1) is 22.2. The van der Waals surface area contributed by atoms with Crippen molar-refractivity contribution in [1.29, 1.82) is 0 Å². The number of carboxylic acids is 1. The Kier molecular flexibility index (Phi) is 11.3. The summed E-state index contributed by atoms with van der Waals surface area (Å²) in [6, 6.07) is 15.7. The van der Waals surface area contributed by atoms with E-state index in [2.05, 4.69) is 10.6 Å². The Morgan fingerprint density at radius 2 is 1.51 bits per heavy atom. The number of nitrogens with one attached hydrogen (secondary N) is 2. The van der Waals surface area contributed by atoms with Crippen molar-refractivity contribution in [2.75, 3.05) is 23.8 Å². The van der Waals surface area contributed by atoms with Crippen molar-refractivity contribution in [3.63, 3.8) is 0 Å². The van der Waals surface area contributed by atoms with Gasteiger partial charge in [0.25, 0.3) is 5.91 Å². The maximum Gasteiger partial charge on any atom is 0.326 e. The molecule has 3 aromatic carbocycles. The van der Waals surface area contributed by atoms with Gasteiger partial charge in [0.05, 0.1) is 18.3 Å². The summed E-state index contributed by atoms with van der Waals surface area (Å²) >= 11 is 1.16. The van der Waals surface area contributed by atoms with Crippen LogP contribution >= 0.6 is 11.8 Å². The van der Waals surface area contributed by atoms with Crippen molar-refractivity contribution in [3.05, 3.63) is 95.6 Å². The lowest BCUT2D eigenvalue weighted by Gasteiger charge is -2.47. The van der Waals surface area contributed by atoms with Crippen LogP contribution in [0.15, 0.2) is 72.8 Å². The highest BCUT2D eigenvalue weighted by molar-refractivity contribution is 8.01. The molecule has 3 amide bonds. The number of hydrogen-bond donors (Lipinski definition) is 3. The fourth-order valence-electron chi connectivity index (χ4n) is 4.92. The predicted molar refractivity (Wildman–Crippen MR) is 172 cm³/mol. The molecule has 0 unspecified atom stereocenters. The molecule has 0 aliphatic carbocycles. The molecule has 3 atom stereocenters. The normalized spacial score (nSPS) is 16.5. The maximum atomic E-state index is 13.6. The van der Waals surface area contributed by atoms with E-state index in [4.69, 9.17) is 4.74 Å². The number of rotatable bonds is 14. The molecule has 0 spiro atoms. The third-order valence-corrected chi connectivity index (χ3v) is 8.45. The molecule has 1 aliphatic rings. The number of benzene rings is 3. The fourth-order valence-corrected chi connectivity index (χ4v) is 6.14. The molecule has 0 aromatic heterocycles. The lowest BCUT2D eigenvalue weighted by Crippen LogP contribution is -2.57. The van der Waals surface area contributed by atoms with Crippen molar-refractivity contribution < 1.29 is 42.6 Å². The number of hydrogen-bond acceptors (Lipinski definition) is 7. The second kappa shape index (κ2) is 15.2. The summed E-state index contributed by atoms with van der Waals surface area (Å²) in [7, 11) is 0. The van der Waals surface area contributed by atoms with Gasteiger partial charge in [0.15, 0.2) is 12.4 Å². The van der Waals surface area contributed by atoms with Crippen molar-refractivity contribution in [1.82, 2.24) is 10.6 Å². The molecule has 0 saturated carbocycles.